The van der Waals surface area contributed by atoms with E-state index in [-0.39, 0.29) is 11.9 Å². The molecule has 128 valence electrons. The van der Waals surface area contributed by atoms with Gasteiger partial charge in [-0.25, -0.2) is 4.98 Å². The lowest BCUT2D eigenvalue weighted by Gasteiger charge is -2.33. The lowest BCUT2D eigenvalue weighted by atomic mass is 10.1. The molecule has 1 fully saturated rings. The van der Waals surface area contributed by atoms with E-state index in [2.05, 4.69) is 10.1 Å². The molecule has 0 spiro atoms. The van der Waals surface area contributed by atoms with Crippen molar-refractivity contribution >= 4 is 5.91 Å². The average Bonchev–Trinajstić information content (AvgIpc) is 3.31. The first-order chi connectivity index (χ1) is 12.2. The number of carbonyl (C=O) groups is 1. The third-order valence-electron chi connectivity index (χ3n) is 4.68. The third kappa shape index (κ3) is 3.07. The summed E-state index contributed by atoms with van der Waals surface area (Å²) < 4.78 is 3.84. The molecule has 0 saturated carbocycles. The standard InChI is InChI=1S/C19H21N5O/c1-15-10-21-24(12-15)17-8-5-9-22(13-17)19(25)18-11-20-14-23(18)16-6-3-2-4-7-16/h2-4,6-7,10-12,14,17H,5,8-9,13H2,1H3/t17-/m0/s1. The van der Waals surface area contributed by atoms with E-state index >= 15 is 0 Å². The Morgan fingerprint density at radius 2 is 2.04 bits per heavy atom. The normalized spacial score (nSPS) is 17.6. The Bertz CT molecular complexity index is 867. The first-order valence-electron chi connectivity index (χ1n) is 8.60. The minimum absolute atomic E-state index is 0.0231. The van der Waals surface area contributed by atoms with Gasteiger partial charge in [-0.1, -0.05) is 18.2 Å². The van der Waals surface area contributed by atoms with Crippen LogP contribution in [-0.4, -0.2) is 43.2 Å². The lowest BCUT2D eigenvalue weighted by Crippen LogP contribution is -2.41. The van der Waals surface area contributed by atoms with Crippen LogP contribution in [0.1, 0.15) is 34.9 Å². The van der Waals surface area contributed by atoms with Crippen molar-refractivity contribution < 1.29 is 4.79 Å². The SMILES string of the molecule is Cc1cnn([C@H]2CCCN(C(=O)c3cncn3-c3ccccc3)C2)c1. The lowest BCUT2D eigenvalue weighted by molar-refractivity contribution is 0.0665. The van der Waals surface area contributed by atoms with Gasteiger partial charge in [0.05, 0.1) is 24.8 Å². The van der Waals surface area contributed by atoms with Crippen molar-refractivity contribution in [2.75, 3.05) is 13.1 Å². The molecule has 0 unspecified atom stereocenters. The summed E-state index contributed by atoms with van der Waals surface area (Å²) in [6, 6.07) is 10.1. The predicted molar refractivity (Wildman–Crippen MR) is 94.7 cm³/mol. The summed E-state index contributed by atoms with van der Waals surface area (Å²) in [5.74, 6) is 0.0231. The maximum Gasteiger partial charge on any atom is 0.272 e. The van der Waals surface area contributed by atoms with Gasteiger partial charge < -0.3 is 4.90 Å². The van der Waals surface area contributed by atoms with E-state index in [1.165, 1.54) is 0 Å². The molecule has 0 bridgehead atoms. The van der Waals surface area contributed by atoms with E-state index in [9.17, 15) is 4.79 Å². The molecule has 0 aliphatic carbocycles. The predicted octanol–water partition coefficient (Wildman–Crippen LogP) is 2.85. The molecule has 6 nitrogen and oxygen atoms in total. The zero-order valence-electron chi connectivity index (χ0n) is 14.2. The van der Waals surface area contributed by atoms with Crippen LogP contribution in [0.3, 0.4) is 0 Å². The number of likely N-dealkylation sites (tertiary alicyclic amines) is 1. The average molecular weight is 335 g/mol. The van der Waals surface area contributed by atoms with E-state index in [1.54, 1.807) is 12.5 Å². The highest BCUT2D eigenvalue weighted by molar-refractivity contribution is 5.93. The number of benzene rings is 1. The molecule has 3 heterocycles. The van der Waals surface area contributed by atoms with Gasteiger partial charge in [-0.3, -0.25) is 14.0 Å². The number of nitrogens with zero attached hydrogens (tertiary/aromatic N) is 5. The summed E-state index contributed by atoms with van der Waals surface area (Å²) >= 11 is 0. The molecule has 1 aliphatic rings. The van der Waals surface area contributed by atoms with Crippen molar-refractivity contribution in [2.24, 2.45) is 0 Å². The zero-order chi connectivity index (χ0) is 17.2. The second kappa shape index (κ2) is 6.55. The molecule has 1 atom stereocenters. The van der Waals surface area contributed by atoms with Crippen LogP contribution in [0.5, 0.6) is 0 Å². The highest BCUT2D eigenvalue weighted by Gasteiger charge is 2.27. The minimum atomic E-state index is 0.0231. The van der Waals surface area contributed by atoms with Crippen molar-refractivity contribution in [3.05, 3.63) is 66.5 Å². The van der Waals surface area contributed by atoms with Gasteiger partial charge in [0.25, 0.3) is 5.91 Å². The molecule has 1 aliphatic heterocycles. The Balaban J connectivity index is 1.56. The molecular weight excluding hydrogens is 314 g/mol. The second-order valence-electron chi connectivity index (χ2n) is 6.53. The number of aryl methyl sites for hydroxylation is 1. The highest BCUT2D eigenvalue weighted by Crippen LogP contribution is 2.23. The number of hydrogen-bond acceptors (Lipinski definition) is 3. The summed E-state index contributed by atoms with van der Waals surface area (Å²) in [7, 11) is 0. The van der Waals surface area contributed by atoms with Gasteiger partial charge in [0.15, 0.2) is 0 Å². The van der Waals surface area contributed by atoms with Crippen molar-refractivity contribution in [1.82, 2.24) is 24.2 Å². The van der Waals surface area contributed by atoms with Crippen LogP contribution in [0.25, 0.3) is 5.69 Å². The van der Waals surface area contributed by atoms with Crippen LogP contribution in [0.4, 0.5) is 0 Å². The molecule has 4 rings (SSSR count). The number of imidazole rings is 1. The highest BCUT2D eigenvalue weighted by atomic mass is 16.2. The fourth-order valence-electron chi connectivity index (χ4n) is 3.40. The van der Waals surface area contributed by atoms with E-state index in [4.69, 9.17) is 0 Å². The van der Waals surface area contributed by atoms with Gasteiger partial charge in [0, 0.05) is 25.0 Å². The molecule has 3 aromatic rings. The van der Waals surface area contributed by atoms with Crippen molar-refractivity contribution in [1.29, 1.82) is 0 Å². The Kier molecular flexibility index (Phi) is 4.09. The maximum atomic E-state index is 13.1. The first-order valence-corrected chi connectivity index (χ1v) is 8.60. The van der Waals surface area contributed by atoms with Gasteiger partial charge in [-0.15, -0.1) is 0 Å². The zero-order valence-corrected chi connectivity index (χ0v) is 14.2. The monoisotopic (exact) mass is 335 g/mol. The topological polar surface area (TPSA) is 56.0 Å². The van der Waals surface area contributed by atoms with Crippen LogP contribution < -0.4 is 0 Å². The van der Waals surface area contributed by atoms with Gasteiger partial charge in [0.1, 0.15) is 5.69 Å². The van der Waals surface area contributed by atoms with Gasteiger partial charge in [-0.05, 0) is 37.5 Å². The quantitative estimate of drug-likeness (QED) is 0.739. The van der Waals surface area contributed by atoms with Gasteiger partial charge in [-0.2, -0.15) is 5.10 Å². The van der Waals surface area contributed by atoms with Crippen molar-refractivity contribution in [3.8, 4) is 5.69 Å². The molecule has 0 radical (unpaired) electrons. The Morgan fingerprint density at radius 3 is 2.80 bits per heavy atom. The Morgan fingerprint density at radius 1 is 1.20 bits per heavy atom. The number of rotatable bonds is 3. The van der Waals surface area contributed by atoms with E-state index in [1.807, 2.05) is 63.8 Å². The molecule has 2 aromatic heterocycles. The van der Waals surface area contributed by atoms with Crippen LogP contribution >= 0.6 is 0 Å². The number of para-hydroxylation sites is 1. The van der Waals surface area contributed by atoms with Gasteiger partial charge in [0.2, 0.25) is 0 Å². The summed E-state index contributed by atoms with van der Waals surface area (Å²) in [6.45, 7) is 3.49. The number of hydrogen-bond donors (Lipinski definition) is 0. The van der Waals surface area contributed by atoms with Crippen LogP contribution in [0.15, 0.2) is 55.2 Å². The maximum absolute atomic E-state index is 13.1. The van der Waals surface area contributed by atoms with Crippen molar-refractivity contribution in [2.45, 2.75) is 25.8 Å². The Labute approximate surface area is 146 Å². The van der Waals surface area contributed by atoms with Crippen molar-refractivity contribution in [3.63, 3.8) is 0 Å². The summed E-state index contributed by atoms with van der Waals surface area (Å²) in [4.78, 5) is 19.2. The molecule has 25 heavy (non-hydrogen) atoms. The fraction of sp³-hybridized carbons (Fsp3) is 0.316. The number of piperidine rings is 1. The van der Waals surface area contributed by atoms with E-state index in [0.717, 1.165) is 30.6 Å². The van der Waals surface area contributed by atoms with Crippen LogP contribution in [0.2, 0.25) is 0 Å². The van der Waals surface area contributed by atoms with Crippen LogP contribution in [-0.2, 0) is 0 Å². The number of carbonyl (C=O) groups excluding carboxylic acids is 1. The Hall–Kier alpha value is -2.89. The molecule has 1 amide bonds. The molecule has 0 N–H and O–H groups in total. The smallest absolute Gasteiger partial charge is 0.272 e. The number of aromatic nitrogens is 4. The van der Waals surface area contributed by atoms with E-state index < -0.39 is 0 Å². The summed E-state index contributed by atoms with van der Waals surface area (Å²) in [5, 5.41) is 4.42. The molecule has 6 heteroatoms. The largest absolute Gasteiger partial charge is 0.335 e. The molecule has 1 saturated heterocycles. The summed E-state index contributed by atoms with van der Waals surface area (Å²) in [5.41, 5.74) is 2.69. The summed E-state index contributed by atoms with van der Waals surface area (Å²) in [6.07, 6.45) is 9.29. The fourth-order valence-corrected chi connectivity index (χ4v) is 3.40. The number of amides is 1. The molecular formula is C19H21N5O. The second-order valence-corrected chi connectivity index (χ2v) is 6.53. The van der Waals surface area contributed by atoms with Gasteiger partial charge >= 0.3 is 0 Å². The van der Waals surface area contributed by atoms with Crippen LogP contribution in [0, 0.1) is 6.92 Å². The van der Waals surface area contributed by atoms with E-state index in [0.29, 0.717) is 12.2 Å². The minimum Gasteiger partial charge on any atom is -0.335 e. The first kappa shape index (κ1) is 15.6. The molecule has 1 aromatic carbocycles. The third-order valence-corrected chi connectivity index (χ3v) is 4.68.